The maximum Gasteiger partial charge on any atom is 0.291 e. The van der Waals surface area contributed by atoms with Gasteiger partial charge in [-0.15, -0.1) is 11.3 Å². The molecule has 1 aliphatic heterocycles. The van der Waals surface area contributed by atoms with Crippen LogP contribution in [0, 0.1) is 0 Å². The molecule has 0 aliphatic carbocycles. The summed E-state index contributed by atoms with van der Waals surface area (Å²) in [6.07, 6.45) is 0. The summed E-state index contributed by atoms with van der Waals surface area (Å²) in [6.45, 7) is -0.0358. The maximum atomic E-state index is 13.1. The number of thiophene rings is 1. The normalized spacial score (nSPS) is 16.8. The van der Waals surface area contributed by atoms with E-state index >= 15 is 0 Å². The fourth-order valence-corrected chi connectivity index (χ4v) is 4.28. The van der Waals surface area contributed by atoms with E-state index in [1.165, 1.54) is 16.2 Å². The van der Waals surface area contributed by atoms with Crippen molar-refractivity contribution in [3.05, 3.63) is 66.6 Å². The van der Waals surface area contributed by atoms with Crippen molar-refractivity contribution in [1.29, 1.82) is 0 Å². The number of hydrogen-bond donors (Lipinski definition) is 1. The first-order valence-electron chi connectivity index (χ1n) is 7.33. The number of nitrogens with zero attached hydrogens (tertiary/aromatic N) is 1. The highest BCUT2D eigenvalue weighted by Crippen LogP contribution is 2.39. The minimum Gasteiger partial charge on any atom is -0.450 e. The average molecular weight is 406 g/mol. The summed E-state index contributed by atoms with van der Waals surface area (Å²) < 4.78 is 6.54. The second kappa shape index (κ2) is 5.84. The van der Waals surface area contributed by atoms with Crippen molar-refractivity contribution in [3.63, 3.8) is 0 Å². The summed E-state index contributed by atoms with van der Waals surface area (Å²) in [4.78, 5) is 28.2. The van der Waals surface area contributed by atoms with E-state index in [-0.39, 0.29) is 30.2 Å². The van der Waals surface area contributed by atoms with Gasteiger partial charge in [-0.1, -0.05) is 22.0 Å². The Morgan fingerprint density at radius 3 is 2.83 bits per heavy atom. The lowest BCUT2D eigenvalue weighted by Crippen LogP contribution is -2.31. The molecule has 0 radical (unpaired) electrons. The molecule has 1 unspecified atom stereocenters. The second-order valence-electron chi connectivity index (χ2n) is 5.45. The molecule has 0 saturated carbocycles. The second-order valence-corrected chi connectivity index (χ2v) is 7.35. The van der Waals surface area contributed by atoms with Crippen LogP contribution < -0.4 is 5.43 Å². The van der Waals surface area contributed by atoms with Crippen molar-refractivity contribution in [2.45, 2.75) is 6.04 Å². The van der Waals surface area contributed by atoms with Crippen LogP contribution in [-0.4, -0.2) is 29.1 Å². The van der Waals surface area contributed by atoms with Crippen LogP contribution in [0.1, 0.15) is 27.0 Å². The zero-order valence-corrected chi connectivity index (χ0v) is 14.8. The number of aliphatic hydroxyl groups excluding tert-OH is 1. The predicted molar refractivity (Wildman–Crippen MR) is 94.5 cm³/mol. The molecule has 3 heterocycles. The number of hydrogen-bond acceptors (Lipinski definition) is 5. The summed E-state index contributed by atoms with van der Waals surface area (Å²) in [5, 5.41) is 11.7. The van der Waals surface area contributed by atoms with Gasteiger partial charge in [0.2, 0.25) is 5.76 Å². The van der Waals surface area contributed by atoms with E-state index in [1.807, 2.05) is 17.5 Å². The Labute approximate surface area is 149 Å². The van der Waals surface area contributed by atoms with Crippen LogP contribution in [0.3, 0.4) is 0 Å². The molecule has 122 valence electrons. The number of halogens is 1. The van der Waals surface area contributed by atoms with Gasteiger partial charge >= 0.3 is 0 Å². The Hall–Kier alpha value is -1.96. The number of carbonyl (C=O) groups is 1. The third-order valence-electron chi connectivity index (χ3n) is 4.08. The van der Waals surface area contributed by atoms with Gasteiger partial charge in [0.15, 0.2) is 5.43 Å². The molecular weight excluding hydrogens is 394 g/mol. The van der Waals surface area contributed by atoms with Gasteiger partial charge in [-0.05, 0) is 29.6 Å². The number of aliphatic hydroxyl groups is 1. The van der Waals surface area contributed by atoms with E-state index in [4.69, 9.17) is 4.42 Å². The number of benzene rings is 1. The Morgan fingerprint density at radius 2 is 2.12 bits per heavy atom. The summed E-state index contributed by atoms with van der Waals surface area (Å²) in [6, 6.07) is 8.37. The van der Waals surface area contributed by atoms with Crippen molar-refractivity contribution >= 4 is 44.1 Å². The molecule has 3 aromatic rings. The lowest BCUT2D eigenvalue weighted by molar-refractivity contribution is 0.0693. The minimum atomic E-state index is -0.515. The van der Waals surface area contributed by atoms with E-state index in [2.05, 4.69) is 15.9 Å². The lowest BCUT2D eigenvalue weighted by atomic mass is 10.0. The predicted octanol–water partition coefficient (Wildman–Crippen LogP) is 3.15. The van der Waals surface area contributed by atoms with E-state index in [0.29, 0.717) is 16.5 Å². The lowest BCUT2D eigenvalue weighted by Gasteiger charge is -2.22. The molecule has 0 fully saturated rings. The van der Waals surface area contributed by atoms with Gasteiger partial charge in [0.25, 0.3) is 5.91 Å². The quantitative estimate of drug-likeness (QED) is 0.726. The smallest absolute Gasteiger partial charge is 0.291 e. The van der Waals surface area contributed by atoms with E-state index < -0.39 is 6.04 Å². The van der Waals surface area contributed by atoms with Crippen LogP contribution >= 0.6 is 27.3 Å². The number of amides is 1. The Kier molecular flexibility index (Phi) is 3.79. The first kappa shape index (κ1) is 15.6. The van der Waals surface area contributed by atoms with E-state index in [1.54, 1.807) is 18.2 Å². The molecular formula is C17H12BrNO4S. The Morgan fingerprint density at radius 1 is 1.29 bits per heavy atom. The van der Waals surface area contributed by atoms with Crippen LogP contribution in [0.2, 0.25) is 0 Å². The Balaban J connectivity index is 2.03. The highest BCUT2D eigenvalue weighted by atomic mass is 79.9. The molecule has 1 aliphatic rings. The molecule has 1 atom stereocenters. The average Bonchev–Trinajstić information content (AvgIpc) is 3.17. The topological polar surface area (TPSA) is 70.8 Å². The van der Waals surface area contributed by atoms with Crippen LogP contribution in [0.25, 0.3) is 11.0 Å². The highest BCUT2D eigenvalue weighted by molar-refractivity contribution is 9.10. The van der Waals surface area contributed by atoms with Gasteiger partial charge in [0.05, 0.1) is 23.6 Å². The van der Waals surface area contributed by atoms with Crippen molar-refractivity contribution in [1.82, 2.24) is 4.90 Å². The molecule has 2 aromatic heterocycles. The number of carbonyl (C=O) groups excluding carboxylic acids is 1. The maximum absolute atomic E-state index is 13.1. The van der Waals surface area contributed by atoms with Gasteiger partial charge in [0, 0.05) is 15.9 Å². The zero-order valence-electron chi connectivity index (χ0n) is 12.4. The number of fused-ring (bicyclic) bond motifs is 2. The SMILES string of the molecule is O=C1c2oc3ccc(Br)cc3c(=O)c2C(c2cccs2)N1CCO. The molecule has 1 amide bonds. The molecule has 0 saturated heterocycles. The van der Waals surface area contributed by atoms with Crippen molar-refractivity contribution < 1.29 is 14.3 Å². The monoisotopic (exact) mass is 405 g/mol. The van der Waals surface area contributed by atoms with Crippen LogP contribution in [0.4, 0.5) is 0 Å². The van der Waals surface area contributed by atoms with Gasteiger partial charge < -0.3 is 14.4 Å². The molecule has 0 spiro atoms. The van der Waals surface area contributed by atoms with Gasteiger partial charge in [0.1, 0.15) is 5.58 Å². The summed E-state index contributed by atoms with van der Waals surface area (Å²) in [7, 11) is 0. The fourth-order valence-electron chi connectivity index (χ4n) is 3.07. The van der Waals surface area contributed by atoms with Crippen LogP contribution in [0.15, 0.2) is 49.4 Å². The largest absolute Gasteiger partial charge is 0.450 e. The summed E-state index contributed by atoms with van der Waals surface area (Å²) >= 11 is 4.83. The molecule has 24 heavy (non-hydrogen) atoms. The van der Waals surface area contributed by atoms with Crippen LogP contribution in [-0.2, 0) is 0 Å². The van der Waals surface area contributed by atoms with Gasteiger partial charge in [-0.3, -0.25) is 9.59 Å². The molecule has 0 bridgehead atoms. The molecule has 4 rings (SSSR count). The molecule has 1 N–H and O–H groups in total. The van der Waals surface area contributed by atoms with E-state index in [9.17, 15) is 14.7 Å². The first-order valence-corrected chi connectivity index (χ1v) is 9.00. The van der Waals surface area contributed by atoms with Crippen molar-refractivity contribution in [2.75, 3.05) is 13.2 Å². The Bertz CT molecular complexity index is 996. The molecule has 1 aromatic carbocycles. The van der Waals surface area contributed by atoms with Crippen molar-refractivity contribution in [2.24, 2.45) is 0 Å². The third-order valence-corrected chi connectivity index (χ3v) is 5.50. The van der Waals surface area contributed by atoms with Crippen LogP contribution in [0.5, 0.6) is 0 Å². The summed E-state index contributed by atoms with van der Waals surface area (Å²) in [5.74, 6) is -0.291. The number of β-amino-alcohol motifs (C(OH)–C–C–N with tert-alkyl or cyclic N) is 1. The molecule has 7 heteroatoms. The van der Waals surface area contributed by atoms with Gasteiger partial charge in [-0.2, -0.15) is 0 Å². The fraction of sp³-hybridized carbons (Fsp3) is 0.176. The standard InChI is InChI=1S/C17H12BrNO4S/c18-9-3-4-11-10(8-9)15(21)13-14(12-2-1-7-24-12)19(5-6-20)17(22)16(13)23-11/h1-4,7-8,14,20H,5-6H2. The minimum absolute atomic E-state index is 0.0710. The highest BCUT2D eigenvalue weighted by Gasteiger charge is 2.42. The van der Waals surface area contributed by atoms with E-state index in [0.717, 1.165) is 9.35 Å². The summed E-state index contributed by atoms with van der Waals surface area (Å²) in [5.41, 5.74) is 0.521. The molecule has 5 nitrogen and oxygen atoms in total. The van der Waals surface area contributed by atoms with Gasteiger partial charge in [-0.25, -0.2) is 0 Å². The third kappa shape index (κ3) is 2.23. The van der Waals surface area contributed by atoms with Crippen molar-refractivity contribution in [3.8, 4) is 0 Å². The number of rotatable bonds is 3. The first-order chi connectivity index (χ1) is 11.6. The zero-order chi connectivity index (χ0) is 16.8.